The molecular weight excluding hydrogens is 294 g/mol. The van der Waals surface area contributed by atoms with Crippen LogP contribution in [0.15, 0.2) is 24.3 Å². The molecule has 0 spiro atoms. The van der Waals surface area contributed by atoms with E-state index in [-0.39, 0.29) is 11.9 Å². The molecule has 3 atom stereocenters. The number of esters is 1. The van der Waals surface area contributed by atoms with Crippen LogP contribution < -0.4 is 5.32 Å². The van der Waals surface area contributed by atoms with Crippen LogP contribution in [-0.4, -0.2) is 22.6 Å². The molecule has 2 fully saturated rings. The lowest BCUT2D eigenvalue weighted by molar-refractivity contribution is -0.165. The fourth-order valence-electron chi connectivity index (χ4n) is 3.82. The van der Waals surface area contributed by atoms with E-state index >= 15 is 0 Å². The van der Waals surface area contributed by atoms with Gasteiger partial charge in [-0.15, -0.1) is 0 Å². The normalized spacial score (nSPS) is 32.5. The number of benzene rings is 1. The maximum Gasteiger partial charge on any atom is 0.313 e. The van der Waals surface area contributed by atoms with Crippen molar-refractivity contribution in [2.24, 2.45) is 10.8 Å². The maximum absolute atomic E-state index is 12.9. The van der Waals surface area contributed by atoms with Crippen molar-refractivity contribution in [3.05, 3.63) is 29.8 Å². The highest BCUT2D eigenvalue weighted by molar-refractivity contribution is 6.03. The van der Waals surface area contributed by atoms with E-state index in [9.17, 15) is 14.7 Å². The molecule has 1 aromatic carbocycles. The lowest BCUT2D eigenvalue weighted by Crippen LogP contribution is -2.50. The largest absolute Gasteiger partial charge is 0.448 e. The van der Waals surface area contributed by atoms with Crippen LogP contribution in [0.1, 0.15) is 52.2 Å². The van der Waals surface area contributed by atoms with Gasteiger partial charge in [0, 0.05) is 11.1 Å². The quantitative estimate of drug-likeness (QED) is 0.841. The van der Waals surface area contributed by atoms with Crippen LogP contribution in [0.3, 0.4) is 0 Å². The van der Waals surface area contributed by atoms with Crippen molar-refractivity contribution < 1.29 is 19.4 Å². The molecule has 23 heavy (non-hydrogen) atoms. The van der Waals surface area contributed by atoms with E-state index < -0.39 is 22.5 Å². The Morgan fingerprint density at radius 2 is 1.83 bits per heavy atom. The highest BCUT2D eigenvalue weighted by Gasteiger charge is 2.75. The lowest BCUT2D eigenvalue weighted by atomic mass is 9.66. The van der Waals surface area contributed by atoms with Crippen LogP contribution >= 0.6 is 0 Å². The topological polar surface area (TPSA) is 75.6 Å². The highest BCUT2D eigenvalue weighted by Crippen LogP contribution is 2.65. The molecule has 2 aliphatic rings. The number of amides is 1. The fourth-order valence-corrected chi connectivity index (χ4v) is 3.82. The zero-order valence-corrected chi connectivity index (χ0v) is 14.0. The number of carbonyl (C=O) groups is 2. The number of aliphatic hydroxyl groups excluding tert-OH is 1. The standard InChI is InChI=1S/C18H23NO4/c1-11(20)12-5-7-13(8-6-12)19-14(21)18-10-9-17(4,15(22)23-18)16(18,2)3/h5-8,11,20H,9-10H2,1-4H3,(H,19,21)/t11-,17-,18-/m1/s1. The van der Waals surface area contributed by atoms with E-state index in [1.165, 1.54) is 0 Å². The molecule has 0 aromatic heterocycles. The van der Waals surface area contributed by atoms with Crippen LogP contribution in [0.2, 0.25) is 0 Å². The average Bonchev–Trinajstić information content (AvgIpc) is 2.78. The third kappa shape index (κ3) is 1.96. The fraction of sp³-hybridized carbons (Fsp3) is 0.556. The number of hydrogen-bond donors (Lipinski definition) is 2. The summed E-state index contributed by atoms with van der Waals surface area (Å²) in [6, 6.07) is 7.02. The predicted octanol–water partition coefficient (Wildman–Crippen LogP) is 2.80. The number of hydrogen-bond acceptors (Lipinski definition) is 4. The number of anilines is 1. The van der Waals surface area contributed by atoms with Crippen molar-refractivity contribution in [2.75, 3.05) is 5.32 Å². The zero-order chi connectivity index (χ0) is 17.0. The number of fused-ring (bicyclic) bond motifs is 2. The van der Waals surface area contributed by atoms with Gasteiger partial charge in [-0.2, -0.15) is 0 Å². The Morgan fingerprint density at radius 3 is 2.26 bits per heavy atom. The molecule has 1 aromatic rings. The molecule has 1 aliphatic heterocycles. The first kappa shape index (κ1) is 16.0. The molecule has 5 heteroatoms. The lowest BCUT2D eigenvalue weighted by Gasteiger charge is -2.35. The minimum Gasteiger partial charge on any atom is -0.448 e. The Hall–Kier alpha value is -1.88. The molecule has 2 bridgehead atoms. The summed E-state index contributed by atoms with van der Waals surface area (Å²) in [7, 11) is 0. The molecule has 5 nitrogen and oxygen atoms in total. The number of ether oxygens (including phenoxy) is 1. The van der Waals surface area contributed by atoms with Gasteiger partial charge < -0.3 is 15.2 Å². The number of carbonyl (C=O) groups excluding carboxylic acids is 2. The van der Waals surface area contributed by atoms with Crippen molar-refractivity contribution >= 4 is 17.6 Å². The number of nitrogens with one attached hydrogen (secondary N) is 1. The first-order valence-corrected chi connectivity index (χ1v) is 7.97. The SMILES string of the molecule is C[C@@H](O)c1ccc(NC(=O)[C@@]23CC[C@](C)(C(=O)O2)C3(C)C)cc1. The van der Waals surface area contributed by atoms with Crippen molar-refractivity contribution in [2.45, 2.75) is 52.2 Å². The van der Waals surface area contributed by atoms with E-state index in [0.29, 0.717) is 18.5 Å². The smallest absolute Gasteiger partial charge is 0.313 e. The molecule has 1 heterocycles. The maximum atomic E-state index is 12.9. The number of rotatable bonds is 3. The molecule has 0 radical (unpaired) electrons. The third-order valence-corrected chi connectivity index (χ3v) is 6.10. The minimum atomic E-state index is -1.11. The van der Waals surface area contributed by atoms with Crippen LogP contribution in [-0.2, 0) is 14.3 Å². The predicted molar refractivity (Wildman–Crippen MR) is 85.7 cm³/mol. The molecule has 1 amide bonds. The molecule has 3 rings (SSSR count). The van der Waals surface area contributed by atoms with Gasteiger partial charge in [0.1, 0.15) is 0 Å². The molecular formula is C18H23NO4. The Balaban J connectivity index is 1.85. The van der Waals surface area contributed by atoms with Gasteiger partial charge in [0.15, 0.2) is 5.60 Å². The summed E-state index contributed by atoms with van der Waals surface area (Å²) in [5, 5.41) is 12.4. The molecule has 0 unspecified atom stereocenters. The van der Waals surface area contributed by atoms with E-state index in [4.69, 9.17) is 4.74 Å². The van der Waals surface area contributed by atoms with Gasteiger partial charge in [0.25, 0.3) is 5.91 Å². The second-order valence-electron chi connectivity index (χ2n) is 7.43. The van der Waals surface area contributed by atoms with Crippen LogP contribution in [0.25, 0.3) is 0 Å². The van der Waals surface area contributed by atoms with Gasteiger partial charge in [-0.25, -0.2) is 0 Å². The van der Waals surface area contributed by atoms with Gasteiger partial charge in [0.05, 0.1) is 11.5 Å². The first-order chi connectivity index (χ1) is 10.6. The van der Waals surface area contributed by atoms with Crippen molar-refractivity contribution in [1.82, 2.24) is 0 Å². The Kier molecular flexibility index (Phi) is 3.34. The second-order valence-corrected chi connectivity index (χ2v) is 7.43. The Morgan fingerprint density at radius 1 is 1.22 bits per heavy atom. The first-order valence-electron chi connectivity index (χ1n) is 7.97. The van der Waals surface area contributed by atoms with Crippen LogP contribution in [0, 0.1) is 10.8 Å². The van der Waals surface area contributed by atoms with Gasteiger partial charge in [-0.05, 0) is 44.4 Å². The molecule has 1 saturated carbocycles. The molecule has 1 saturated heterocycles. The summed E-state index contributed by atoms with van der Waals surface area (Å²) in [5.74, 6) is -0.560. The third-order valence-electron chi connectivity index (χ3n) is 6.10. The van der Waals surface area contributed by atoms with Gasteiger partial charge in [0.2, 0.25) is 0 Å². The van der Waals surface area contributed by atoms with Gasteiger partial charge >= 0.3 is 5.97 Å². The summed E-state index contributed by atoms with van der Waals surface area (Å²) >= 11 is 0. The second kappa shape index (κ2) is 4.81. The van der Waals surface area contributed by atoms with Gasteiger partial charge in [-0.1, -0.05) is 26.0 Å². The Bertz CT molecular complexity index is 664. The van der Waals surface area contributed by atoms with Gasteiger partial charge in [-0.3, -0.25) is 9.59 Å². The van der Waals surface area contributed by atoms with Crippen molar-refractivity contribution in [1.29, 1.82) is 0 Å². The molecule has 124 valence electrons. The van der Waals surface area contributed by atoms with Crippen LogP contribution in [0.5, 0.6) is 0 Å². The van der Waals surface area contributed by atoms with Crippen molar-refractivity contribution in [3.8, 4) is 0 Å². The number of aliphatic hydroxyl groups is 1. The summed E-state index contributed by atoms with van der Waals surface area (Å²) in [5.41, 5.74) is -0.869. The minimum absolute atomic E-state index is 0.276. The Labute approximate surface area is 136 Å². The molecule has 1 aliphatic carbocycles. The summed E-state index contributed by atoms with van der Waals surface area (Å²) in [6.07, 6.45) is 0.649. The van der Waals surface area contributed by atoms with E-state index in [2.05, 4.69) is 5.32 Å². The van der Waals surface area contributed by atoms with E-state index in [1.807, 2.05) is 20.8 Å². The van der Waals surface area contributed by atoms with Crippen molar-refractivity contribution in [3.63, 3.8) is 0 Å². The summed E-state index contributed by atoms with van der Waals surface area (Å²) in [6.45, 7) is 7.43. The van der Waals surface area contributed by atoms with E-state index in [1.54, 1.807) is 31.2 Å². The summed E-state index contributed by atoms with van der Waals surface area (Å²) < 4.78 is 5.57. The summed E-state index contributed by atoms with van der Waals surface area (Å²) in [4.78, 5) is 25.1. The monoisotopic (exact) mass is 317 g/mol. The highest BCUT2D eigenvalue weighted by atomic mass is 16.6. The zero-order valence-electron chi connectivity index (χ0n) is 14.0. The van der Waals surface area contributed by atoms with Crippen LogP contribution in [0.4, 0.5) is 5.69 Å². The molecule has 2 N–H and O–H groups in total. The van der Waals surface area contributed by atoms with E-state index in [0.717, 1.165) is 5.56 Å². The average molecular weight is 317 g/mol.